The molecule has 3 rings (SSSR count). The number of fused-ring (bicyclic) bond motifs is 3. The van der Waals surface area contributed by atoms with E-state index in [1.165, 1.54) is 0 Å². The van der Waals surface area contributed by atoms with Gasteiger partial charge in [-0.25, -0.2) is 0 Å². The van der Waals surface area contributed by atoms with Gasteiger partial charge in [-0.3, -0.25) is 4.68 Å². The van der Waals surface area contributed by atoms with Gasteiger partial charge in [-0.2, -0.15) is 5.10 Å². The molecule has 2 atom stereocenters. The lowest BCUT2D eigenvalue weighted by atomic mass is 10.0. The molecular formula is C13H18ClN3O2. The summed E-state index contributed by atoms with van der Waals surface area (Å²) >= 11 is 0. The molecule has 0 aliphatic carbocycles. The van der Waals surface area contributed by atoms with Crippen LogP contribution in [0.4, 0.5) is 0 Å². The summed E-state index contributed by atoms with van der Waals surface area (Å²) in [6, 6.07) is 3.98. The number of benzene rings is 1. The summed E-state index contributed by atoms with van der Waals surface area (Å²) in [5.74, 6) is 0.847. The fourth-order valence-electron chi connectivity index (χ4n) is 2.46. The van der Waals surface area contributed by atoms with Crippen molar-refractivity contribution >= 4 is 23.3 Å². The number of ether oxygens (including phenoxy) is 1. The van der Waals surface area contributed by atoms with E-state index in [2.05, 4.69) is 5.10 Å². The van der Waals surface area contributed by atoms with Gasteiger partial charge in [0.05, 0.1) is 24.4 Å². The Kier molecular flexibility index (Phi) is 3.99. The molecule has 2 aromatic rings. The number of hydrogen-bond acceptors (Lipinski definition) is 4. The molecule has 1 aromatic carbocycles. The molecule has 0 amide bonds. The molecule has 0 saturated carbocycles. The topological polar surface area (TPSA) is 73.3 Å². The first kappa shape index (κ1) is 14.1. The molecule has 19 heavy (non-hydrogen) atoms. The third-order valence-electron chi connectivity index (χ3n) is 3.20. The zero-order valence-corrected chi connectivity index (χ0v) is 11.6. The third kappa shape index (κ3) is 2.54. The van der Waals surface area contributed by atoms with Crippen LogP contribution in [0.2, 0.25) is 0 Å². The Labute approximate surface area is 117 Å². The minimum Gasteiger partial charge on any atom is -0.491 e. The maximum absolute atomic E-state index is 9.75. The van der Waals surface area contributed by atoms with Crippen LogP contribution in [0, 0.1) is 0 Å². The van der Waals surface area contributed by atoms with Gasteiger partial charge in [-0.1, -0.05) is 0 Å². The van der Waals surface area contributed by atoms with Crippen LogP contribution in [0.5, 0.6) is 5.75 Å². The van der Waals surface area contributed by atoms with Crippen molar-refractivity contribution in [3.8, 4) is 5.75 Å². The van der Waals surface area contributed by atoms with Gasteiger partial charge in [0.25, 0.3) is 0 Å². The standard InChI is InChI=1S/C13H17N3O2.ClH/c1-8(14)6-16-13-9(5-15-16)2-3-12-11(13)4-10(17)7-18-12;/h2-3,5,8,10,17H,4,6-7,14H2,1H3;1H/t8?,10-;/m1./s1. The Hall–Kier alpha value is -1.30. The molecule has 1 aliphatic heterocycles. The van der Waals surface area contributed by atoms with Crippen LogP contribution in [-0.2, 0) is 13.0 Å². The molecule has 0 radical (unpaired) electrons. The summed E-state index contributed by atoms with van der Waals surface area (Å²) in [4.78, 5) is 0. The van der Waals surface area contributed by atoms with E-state index in [0.717, 1.165) is 22.2 Å². The minimum atomic E-state index is -0.443. The Morgan fingerprint density at radius 1 is 1.58 bits per heavy atom. The fourth-order valence-corrected chi connectivity index (χ4v) is 2.46. The van der Waals surface area contributed by atoms with E-state index in [4.69, 9.17) is 10.5 Å². The van der Waals surface area contributed by atoms with Crippen LogP contribution in [0.25, 0.3) is 10.9 Å². The molecule has 6 heteroatoms. The van der Waals surface area contributed by atoms with Crippen LogP contribution < -0.4 is 10.5 Å². The molecule has 0 fully saturated rings. The highest BCUT2D eigenvalue weighted by atomic mass is 35.5. The Balaban J connectivity index is 0.00000133. The van der Waals surface area contributed by atoms with Gasteiger partial charge < -0.3 is 15.6 Å². The van der Waals surface area contributed by atoms with Crippen molar-refractivity contribution in [1.29, 1.82) is 0 Å². The molecule has 0 bridgehead atoms. The largest absolute Gasteiger partial charge is 0.491 e. The number of halogens is 1. The number of nitrogens with zero attached hydrogens (tertiary/aromatic N) is 2. The Morgan fingerprint density at radius 2 is 2.37 bits per heavy atom. The molecule has 0 saturated heterocycles. The minimum absolute atomic E-state index is 0. The lowest BCUT2D eigenvalue weighted by Crippen LogP contribution is -2.27. The van der Waals surface area contributed by atoms with Gasteiger partial charge in [-0.15, -0.1) is 12.4 Å². The SMILES string of the molecule is CC(N)Cn1ncc2ccc3c(c21)C[C@@H](O)CO3.Cl. The first-order chi connectivity index (χ1) is 8.65. The van der Waals surface area contributed by atoms with Gasteiger partial charge in [0.1, 0.15) is 12.4 Å². The van der Waals surface area contributed by atoms with E-state index < -0.39 is 6.10 Å². The number of aliphatic hydroxyl groups is 1. The number of hydrogen-bond donors (Lipinski definition) is 2. The van der Waals surface area contributed by atoms with Crippen molar-refractivity contribution in [1.82, 2.24) is 9.78 Å². The van der Waals surface area contributed by atoms with Crippen molar-refractivity contribution in [3.05, 3.63) is 23.9 Å². The van der Waals surface area contributed by atoms with Crippen molar-refractivity contribution in [2.24, 2.45) is 5.73 Å². The fraction of sp³-hybridized carbons (Fsp3) is 0.462. The van der Waals surface area contributed by atoms with Crippen molar-refractivity contribution in [2.75, 3.05) is 6.61 Å². The van der Waals surface area contributed by atoms with Crippen molar-refractivity contribution < 1.29 is 9.84 Å². The van der Waals surface area contributed by atoms with Crippen LogP contribution in [0.3, 0.4) is 0 Å². The molecular weight excluding hydrogens is 266 g/mol. The summed E-state index contributed by atoms with van der Waals surface area (Å²) < 4.78 is 7.45. The molecule has 2 heterocycles. The first-order valence-corrected chi connectivity index (χ1v) is 6.19. The predicted molar refractivity (Wildman–Crippen MR) is 75.8 cm³/mol. The van der Waals surface area contributed by atoms with Gasteiger partial charge in [0.2, 0.25) is 0 Å². The highest BCUT2D eigenvalue weighted by Crippen LogP contribution is 2.32. The zero-order chi connectivity index (χ0) is 12.7. The van der Waals surface area contributed by atoms with E-state index >= 15 is 0 Å². The van der Waals surface area contributed by atoms with Crippen molar-refractivity contribution in [3.63, 3.8) is 0 Å². The second kappa shape index (κ2) is 5.36. The number of nitrogens with two attached hydrogens (primary N) is 1. The van der Waals surface area contributed by atoms with E-state index in [1.807, 2.05) is 29.9 Å². The van der Waals surface area contributed by atoms with Crippen molar-refractivity contribution in [2.45, 2.75) is 32.0 Å². The second-order valence-electron chi connectivity index (χ2n) is 4.95. The Bertz CT molecular complexity index is 583. The average molecular weight is 284 g/mol. The normalized spacial score (nSPS) is 19.4. The van der Waals surface area contributed by atoms with Crippen LogP contribution in [0.1, 0.15) is 12.5 Å². The summed E-state index contributed by atoms with van der Waals surface area (Å²) in [6.07, 6.45) is 2.00. The third-order valence-corrected chi connectivity index (χ3v) is 3.20. The average Bonchev–Trinajstić information content (AvgIpc) is 2.72. The molecule has 1 aromatic heterocycles. The monoisotopic (exact) mass is 283 g/mol. The highest BCUT2D eigenvalue weighted by Gasteiger charge is 2.22. The molecule has 0 spiro atoms. The van der Waals surface area contributed by atoms with Gasteiger partial charge >= 0.3 is 0 Å². The first-order valence-electron chi connectivity index (χ1n) is 6.19. The maximum Gasteiger partial charge on any atom is 0.124 e. The van der Waals surface area contributed by atoms with E-state index in [-0.39, 0.29) is 18.4 Å². The molecule has 1 unspecified atom stereocenters. The van der Waals surface area contributed by atoms with Crippen LogP contribution >= 0.6 is 12.4 Å². The van der Waals surface area contributed by atoms with E-state index in [0.29, 0.717) is 19.6 Å². The predicted octanol–water partition coefficient (Wildman–Crippen LogP) is 1.10. The summed E-state index contributed by atoms with van der Waals surface area (Å²) in [7, 11) is 0. The van der Waals surface area contributed by atoms with E-state index in [9.17, 15) is 5.11 Å². The summed E-state index contributed by atoms with van der Waals surface area (Å²) in [5, 5.41) is 15.2. The molecule has 1 aliphatic rings. The van der Waals surface area contributed by atoms with Crippen LogP contribution in [0.15, 0.2) is 18.3 Å². The zero-order valence-electron chi connectivity index (χ0n) is 10.7. The maximum atomic E-state index is 9.75. The van der Waals surface area contributed by atoms with Gasteiger partial charge in [0.15, 0.2) is 0 Å². The lowest BCUT2D eigenvalue weighted by molar-refractivity contribution is 0.0926. The molecule has 104 valence electrons. The number of rotatable bonds is 2. The number of aliphatic hydroxyl groups excluding tert-OH is 1. The highest BCUT2D eigenvalue weighted by molar-refractivity contribution is 5.85. The summed E-state index contributed by atoms with van der Waals surface area (Å²) in [5.41, 5.74) is 7.90. The smallest absolute Gasteiger partial charge is 0.124 e. The van der Waals surface area contributed by atoms with E-state index in [1.54, 1.807) is 0 Å². The lowest BCUT2D eigenvalue weighted by Gasteiger charge is -2.23. The molecule has 5 nitrogen and oxygen atoms in total. The molecule has 3 N–H and O–H groups in total. The quantitative estimate of drug-likeness (QED) is 0.866. The number of aromatic nitrogens is 2. The second-order valence-corrected chi connectivity index (χ2v) is 4.95. The van der Waals surface area contributed by atoms with Gasteiger partial charge in [0, 0.05) is 23.4 Å². The van der Waals surface area contributed by atoms with Crippen LogP contribution in [-0.4, -0.2) is 33.6 Å². The summed E-state index contributed by atoms with van der Waals surface area (Å²) in [6.45, 7) is 2.98. The Morgan fingerprint density at radius 3 is 3.11 bits per heavy atom. The van der Waals surface area contributed by atoms with Gasteiger partial charge in [-0.05, 0) is 19.1 Å².